The Morgan fingerprint density at radius 2 is 1.94 bits per heavy atom. The molecule has 2 N–H and O–H groups in total. The molecule has 5 rings (SSSR count). The van der Waals surface area contributed by atoms with Gasteiger partial charge in [-0.25, -0.2) is 13.8 Å². The lowest BCUT2D eigenvalue weighted by Gasteiger charge is -2.17. The average Bonchev–Trinajstić information content (AvgIpc) is 3.49. The number of carbonyl (C=O) groups excluding carboxylic acids is 1. The Hall–Kier alpha value is -3.13. The van der Waals surface area contributed by atoms with Gasteiger partial charge in [0, 0.05) is 48.4 Å². The molecule has 2 aromatic carbocycles. The minimum atomic E-state index is -2.91. The molecule has 8 heteroatoms. The van der Waals surface area contributed by atoms with E-state index in [-0.39, 0.29) is 16.8 Å². The first kappa shape index (κ1) is 21.7. The van der Waals surface area contributed by atoms with Crippen LogP contribution in [-0.4, -0.2) is 24.0 Å². The van der Waals surface area contributed by atoms with E-state index in [1.807, 2.05) is 24.3 Å². The first-order chi connectivity index (χ1) is 15.9. The van der Waals surface area contributed by atoms with Gasteiger partial charge in [0.1, 0.15) is 11.2 Å². The number of carbonyl (C=O) groups is 1. The fourth-order valence-electron chi connectivity index (χ4n) is 4.19. The van der Waals surface area contributed by atoms with E-state index in [0.29, 0.717) is 16.9 Å². The molecular formula is C25H24F2N4OS. The standard InChI is InChI=1S/C25H24F2N4OS/c1-25(26,27)17-7-4-6-16(14-17)24-30-22-19(8-5-9-20(22)33-24)23(32)29-18-10-11-28-21(15-18)31-12-2-3-13-31/h4-11,14-15,24,30H,2-3,12-13H2,1H3,(H,28,29,32). The van der Waals surface area contributed by atoms with Crippen molar-refractivity contribution in [1.29, 1.82) is 0 Å². The summed E-state index contributed by atoms with van der Waals surface area (Å²) in [5, 5.41) is 6.09. The number of benzene rings is 2. The van der Waals surface area contributed by atoms with E-state index < -0.39 is 5.92 Å². The van der Waals surface area contributed by atoms with E-state index in [2.05, 4.69) is 20.5 Å². The molecule has 170 valence electrons. The van der Waals surface area contributed by atoms with Gasteiger partial charge in [-0.05, 0) is 42.7 Å². The van der Waals surface area contributed by atoms with Crippen molar-refractivity contribution in [1.82, 2.24) is 4.98 Å². The molecule has 1 amide bonds. The molecule has 0 bridgehead atoms. The second-order valence-electron chi connectivity index (χ2n) is 8.39. The fourth-order valence-corrected chi connectivity index (χ4v) is 5.35. The van der Waals surface area contributed by atoms with Crippen LogP contribution in [0.25, 0.3) is 0 Å². The first-order valence-electron chi connectivity index (χ1n) is 11.0. The fraction of sp³-hybridized carbons (Fsp3) is 0.280. The van der Waals surface area contributed by atoms with Crippen LogP contribution in [0.2, 0.25) is 0 Å². The quantitative estimate of drug-likeness (QED) is 0.465. The molecule has 2 aliphatic rings. The number of hydrogen-bond donors (Lipinski definition) is 2. The Balaban J connectivity index is 1.35. The van der Waals surface area contributed by atoms with Crippen molar-refractivity contribution in [3.63, 3.8) is 0 Å². The number of nitrogens with zero attached hydrogens (tertiary/aromatic N) is 2. The van der Waals surface area contributed by atoms with Crippen molar-refractivity contribution in [2.75, 3.05) is 28.6 Å². The maximum absolute atomic E-state index is 13.8. The van der Waals surface area contributed by atoms with E-state index in [0.717, 1.165) is 49.1 Å². The molecule has 1 unspecified atom stereocenters. The number of nitrogens with one attached hydrogen (secondary N) is 2. The molecule has 0 radical (unpaired) electrons. The van der Waals surface area contributed by atoms with Crippen LogP contribution >= 0.6 is 11.8 Å². The van der Waals surface area contributed by atoms with Crippen molar-refractivity contribution in [3.8, 4) is 0 Å². The second-order valence-corrected chi connectivity index (χ2v) is 9.53. The van der Waals surface area contributed by atoms with Gasteiger partial charge >= 0.3 is 0 Å². The molecule has 1 atom stereocenters. The number of pyridine rings is 1. The molecule has 1 aromatic heterocycles. The minimum absolute atomic E-state index is 0.0252. The zero-order valence-corrected chi connectivity index (χ0v) is 19.0. The van der Waals surface area contributed by atoms with Gasteiger partial charge in [0.2, 0.25) is 0 Å². The van der Waals surface area contributed by atoms with Crippen LogP contribution in [0.15, 0.2) is 65.7 Å². The first-order valence-corrected chi connectivity index (χ1v) is 11.8. The van der Waals surface area contributed by atoms with E-state index in [1.165, 1.54) is 23.9 Å². The molecule has 1 saturated heterocycles. The minimum Gasteiger partial charge on any atom is -0.368 e. The number of thioether (sulfide) groups is 1. The average molecular weight is 467 g/mol. The summed E-state index contributed by atoms with van der Waals surface area (Å²) in [5.74, 6) is -2.27. The lowest BCUT2D eigenvalue weighted by molar-refractivity contribution is 0.0174. The predicted molar refractivity (Wildman–Crippen MR) is 128 cm³/mol. The highest BCUT2D eigenvalue weighted by atomic mass is 32.2. The summed E-state index contributed by atoms with van der Waals surface area (Å²) >= 11 is 1.51. The maximum atomic E-state index is 13.8. The summed E-state index contributed by atoms with van der Waals surface area (Å²) < 4.78 is 27.6. The number of amides is 1. The molecule has 0 spiro atoms. The van der Waals surface area contributed by atoms with Crippen LogP contribution in [0.5, 0.6) is 0 Å². The third-order valence-electron chi connectivity index (χ3n) is 5.92. The van der Waals surface area contributed by atoms with Crippen molar-refractivity contribution < 1.29 is 13.6 Å². The van der Waals surface area contributed by atoms with Crippen molar-refractivity contribution in [2.24, 2.45) is 0 Å². The summed E-state index contributed by atoms with van der Waals surface area (Å²) in [7, 11) is 0. The highest BCUT2D eigenvalue weighted by molar-refractivity contribution is 8.00. The SMILES string of the molecule is CC(F)(F)c1cccc(C2Nc3c(cccc3C(=O)Nc3ccnc(N4CCCC4)c3)S2)c1. The summed E-state index contributed by atoms with van der Waals surface area (Å²) in [6, 6.07) is 15.6. The van der Waals surface area contributed by atoms with Gasteiger partial charge in [0.15, 0.2) is 0 Å². The van der Waals surface area contributed by atoms with Crippen LogP contribution < -0.4 is 15.5 Å². The normalized spacial score (nSPS) is 17.5. The number of alkyl halides is 2. The van der Waals surface area contributed by atoms with Gasteiger partial charge in [-0.15, -0.1) is 0 Å². The summed E-state index contributed by atoms with van der Waals surface area (Å²) in [4.78, 5) is 20.7. The molecule has 2 aliphatic heterocycles. The Bertz CT molecular complexity index is 1190. The number of hydrogen-bond acceptors (Lipinski definition) is 5. The summed E-state index contributed by atoms with van der Waals surface area (Å²) in [5.41, 5.74) is 2.63. The van der Waals surface area contributed by atoms with Gasteiger partial charge in [0.05, 0.1) is 11.3 Å². The van der Waals surface area contributed by atoms with Crippen LogP contribution in [0.1, 0.15) is 46.6 Å². The number of para-hydroxylation sites is 1. The van der Waals surface area contributed by atoms with E-state index in [9.17, 15) is 13.6 Å². The maximum Gasteiger partial charge on any atom is 0.270 e. The smallest absolute Gasteiger partial charge is 0.270 e. The van der Waals surface area contributed by atoms with E-state index in [1.54, 1.807) is 24.4 Å². The van der Waals surface area contributed by atoms with Gasteiger partial charge < -0.3 is 15.5 Å². The van der Waals surface area contributed by atoms with Gasteiger partial charge in [0.25, 0.3) is 11.8 Å². The second kappa shape index (κ2) is 8.67. The molecule has 0 aliphatic carbocycles. The summed E-state index contributed by atoms with van der Waals surface area (Å²) in [6.07, 6.45) is 4.01. The molecule has 0 saturated carbocycles. The highest BCUT2D eigenvalue weighted by Gasteiger charge is 2.30. The number of rotatable bonds is 5. The highest BCUT2D eigenvalue weighted by Crippen LogP contribution is 2.48. The monoisotopic (exact) mass is 466 g/mol. The van der Waals surface area contributed by atoms with Crippen LogP contribution in [0.3, 0.4) is 0 Å². The van der Waals surface area contributed by atoms with E-state index in [4.69, 9.17) is 0 Å². The number of anilines is 3. The molecule has 1 fully saturated rings. The molecule has 5 nitrogen and oxygen atoms in total. The lowest BCUT2D eigenvalue weighted by Crippen LogP contribution is -2.19. The number of halogens is 2. The molecule has 33 heavy (non-hydrogen) atoms. The molecule has 3 aromatic rings. The molecular weight excluding hydrogens is 442 g/mol. The number of fused-ring (bicyclic) bond motifs is 1. The van der Waals surface area contributed by atoms with Crippen LogP contribution in [0.4, 0.5) is 26.0 Å². The van der Waals surface area contributed by atoms with E-state index >= 15 is 0 Å². The van der Waals surface area contributed by atoms with Gasteiger partial charge in [-0.3, -0.25) is 4.79 Å². The van der Waals surface area contributed by atoms with Gasteiger partial charge in [-0.1, -0.05) is 36.0 Å². The third-order valence-corrected chi connectivity index (χ3v) is 7.14. The largest absolute Gasteiger partial charge is 0.368 e. The predicted octanol–water partition coefficient (Wildman–Crippen LogP) is 6.26. The molecule has 3 heterocycles. The number of aromatic nitrogens is 1. The lowest BCUT2D eigenvalue weighted by atomic mass is 10.1. The zero-order valence-electron chi connectivity index (χ0n) is 18.1. The Labute approximate surface area is 195 Å². The topological polar surface area (TPSA) is 57.3 Å². The Morgan fingerprint density at radius 1 is 1.15 bits per heavy atom. The Morgan fingerprint density at radius 3 is 2.73 bits per heavy atom. The van der Waals surface area contributed by atoms with Gasteiger partial charge in [-0.2, -0.15) is 0 Å². The van der Waals surface area contributed by atoms with Crippen LogP contribution in [-0.2, 0) is 5.92 Å². The zero-order chi connectivity index (χ0) is 23.0. The van der Waals surface area contributed by atoms with Crippen molar-refractivity contribution in [2.45, 2.75) is 36.0 Å². The van der Waals surface area contributed by atoms with Crippen molar-refractivity contribution >= 4 is 34.9 Å². The van der Waals surface area contributed by atoms with Crippen molar-refractivity contribution in [3.05, 3.63) is 77.5 Å². The van der Waals surface area contributed by atoms with Crippen LogP contribution in [0, 0.1) is 0 Å². The third kappa shape index (κ3) is 4.53. The summed E-state index contributed by atoms with van der Waals surface area (Å²) in [6.45, 7) is 2.85. The Kier molecular flexibility index (Phi) is 5.70.